The van der Waals surface area contributed by atoms with Crippen LogP contribution in [0.25, 0.3) is 11.4 Å². The van der Waals surface area contributed by atoms with Crippen molar-refractivity contribution in [1.82, 2.24) is 14.7 Å². The highest BCUT2D eigenvalue weighted by Gasteiger charge is 2.22. The van der Waals surface area contributed by atoms with Crippen molar-refractivity contribution in [1.29, 1.82) is 0 Å². The number of hydrogen-bond donors (Lipinski definition) is 2. The second-order valence-corrected chi connectivity index (χ2v) is 8.38. The summed E-state index contributed by atoms with van der Waals surface area (Å²) in [5, 5.41) is 13.9. The van der Waals surface area contributed by atoms with Gasteiger partial charge in [0.15, 0.2) is 5.82 Å². The van der Waals surface area contributed by atoms with Gasteiger partial charge < -0.3 is 5.32 Å². The average Bonchev–Trinajstić information content (AvgIpc) is 2.50. The van der Waals surface area contributed by atoms with Crippen LogP contribution in [0.1, 0.15) is 19.5 Å². The first-order valence-electron chi connectivity index (χ1n) is 7.78. The summed E-state index contributed by atoms with van der Waals surface area (Å²) in [4.78, 5) is 19.0. The van der Waals surface area contributed by atoms with Gasteiger partial charge in [-0.1, -0.05) is 0 Å². The van der Waals surface area contributed by atoms with Crippen molar-refractivity contribution < 1.29 is 13.3 Å². The predicted molar refractivity (Wildman–Crippen MR) is 99.4 cm³/mol. The Morgan fingerprint density at radius 1 is 1.19 bits per heavy atom. The molecule has 0 amide bonds. The van der Waals surface area contributed by atoms with Gasteiger partial charge in [-0.2, -0.15) is 0 Å². The molecule has 2 N–H and O–H groups in total. The van der Waals surface area contributed by atoms with Gasteiger partial charge in [0.05, 0.1) is 11.2 Å². The molecule has 10 heteroatoms. The standard InChI is InChI=1S/C16H21N5O4S/c1-11-9-14(17-10-16(2,3)20-26(4,24)25)19-15(18-11)12-5-7-13(8-6-12)21(22)23/h5-9,20H,10H2,1-4H3,(H,17,18,19). The largest absolute Gasteiger partial charge is 0.368 e. The van der Waals surface area contributed by atoms with Gasteiger partial charge in [-0.15, -0.1) is 0 Å². The molecule has 0 aliphatic carbocycles. The van der Waals surface area contributed by atoms with Crippen LogP contribution in [0.2, 0.25) is 0 Å². The van der Waals surface area contributed by atoms with Crippen molar-refractivity contribution in [3.05, 3.63) is 46.1 Å². The number of benzene rings is 1. The molecule has 1 aromatic heterocycles. The summed E-state index contributed by atoms with van der Waals surface area (Å²) in [6, 6.07) is 7.71. The summed E-state index contributed by atoms with van der Waals surface area (Å²) in [7, 11) is -3.33. The minimum Gasteiger partial charge on any atom is -0.368 e. The van der Waals surface area contributed by atoms with Crippen LogP contribution in [0.5, 0.6) is 0 Å². The van der Waals surface area contributed by atoms with Crippen LogP contribution in [0, 0.1) is 17.0 Å². The Hall–Kier alpha value is -2.59. The highest BCUT2D eigenvalue weighted by atomic mass is 32.2. The van der Waals surface area contributed by atoms with Crippen LogP contribution in [0.15, 0.2) is 30.3 Å². The number of aromatic nitrogens is 2. The fraction of sp³-hybridized carbons (Fsp3) is 0.375. The first kappa shape index (κ1) is 19.7. The zero-order valence-corrected chi connectivity index (χ0v) is 15.8. The van der Waals surface area contributed by atoms with Crippen molar-refractivity contribution in [3.63, 3.8) is 0 Å². The van der Waals surface area contributed by atoms with Crippen LogP contribution < -0.4 is 10.0 Å². The zero-order chi connectivity index (χ0) is 19.5. The molecule has 0 spiro atoms. The second-order valence-electron chi connectivity index (χ2n) is 6.63. The fourth-order valence-corrected chi connectivity index (χ4v) is 3.45. The number of anilines is 1. The SMILES string of the molecule is Cc1cc(NCC(C)(C)NS(C)(=O)=O)nc(-c2ccc([N+](=O)[O-])cc2)n1. The molecule has 1 aromatic carbocycles. The molecule has 0 bridgehead atoms. The van der Waals surface area contributed by atoms with E-state index >= 15 is 0 Å². The Labute approximate surface area is 152 Å². The van der Waals surface area contributed by atoms with Crippen molar-refractivity contribution in [2.75, 3.05) is 18.1 Å². The van der Waals surface area contributed by atoms with Crippen molar-refractivity contribution >= 4 is 21.5 Å². The van der Waals surface area contributed by atoms with Gasteiger partial charge in [-0.3, -0.25) is 10.1 Å². The molecular formula is C16H21N5O4S. The molecule has 0 aliphatic rings. The Morgan fingerprint density at radius 2 is 1.81 bits per heavy atom. The lowest BCUT2D eigenvalue weighted by Crippen LogP contribution is -2.47. The number of non-ortho nitro benzene ring substituents is 1. The van der Waals surface area contributed by atoms with Crippen LogP contribution in [-0.2, 0) is 10.0 Å². The molecule has 140 valence electrons. The summed E-state index contributed by atoms with van der Waals surface area (Å²) < 4.78 is 25.4. The summed E-state index contributed by atoms with van der Waals surface area (Å²) >= 11 is 0. The number of hydrogen-bond acceptors (Lipinski definition) is 7. The summed E-state index contributed by atoms with van der Waals surface area (Å²) in [6.07, 6.45) is 1.11. The molecule has 26 heavy (non-hydrogen) atoms. The summed E-state index contributed by atoms with van der Waals surface area (Å²) in [6.45, 7) is 5.64. The quantitative estimate of drug-likeness (QED) is 0.557. The molecule has 0 aliphatic heterocycles. The Kier molecular flexibility index (Phi) is 5.57. The van der Waals surface area contributed by atoms with Gasteiger partial charge in [0, 0.05) is 41.5 Å². The van der Waals surface area contributed by atoms with Crippen molar-refractivity contribution in [3.8, 4) is 11.4 Å². The highest BCUT2D eigenvalue weighted by Crippen LogP contribution is 2.21. The predicted octanol–water partition coefficient (Wildman–Crippen LogP) is 2.10. The first-order chi connectivity index (χ1) is 12.0. The van der Waals surface area contributed by atoms with E-state index in [1.165, 1.54) is 12.1 Å². The third-order valence-corrected chi connectivity index (χ3v) is 4.29. The molecule has 2 aromatic rings. The summed E-state index contributed by atoms with van der Waals surface area (Å²) in [5.41, 5.74) is 0.647. The van der Waals surface area contributed by atoms with E-state index in [0.717, 1.165) is 6.26 Å². The molecular weight excluding hydrogens is 358 g/mol. The number of nitro groups is 1. The molecule has 9 nitrogen and oxygen atoms in total. The van der Waals surface area contributed by atoms with E-state index in [0.29, 0.717) is 29.4 Å². The smallest absolute Gasteiger partial charge is 0.269 e. The number of sulfonamides is 1. The third-order valence-electron chi connectivity index (χ3n) is 3.36. The molecule has 0 radical (unpaired) electrons. The van der Waals surface area contributed by atoms with Gasteiger partial charge in [0.1, 0.15) is 5.82 Å². The maximum Gasteiger partial charge on any atom is 0.269 e. The molecule has 1 heterocycles. The maximum absolute atomic E-state index is 11.4. The molecule has 0 atom stereocenters. The lowest BCUT2D eigenvalue weighted by atomic mass is 10.1. The van der Waals surface area contributed by atoms with E-state index < -0.39 is 20.5 Å². The monoisotopic (exact) mass is 379 g/mol. The topological polar surface area (TPSA) is 127 Å². The average molecular weight is 379 g/mol. The van der Waals surface area contributed by atoms with Crippen LogP contribution in [-0.4, -0.2) is 41.6 Å². The number of nitro benzene ring substituents is 1. The van der Waals surface area contributed by atoms with Crippen molar-refractivity contribution in [2.45, 2.75) is 26.3 Å². The van der Waals surface area contributed by atoms with Gasteiger partial charge in [0.2, 0.25) is 10.0 Å². The molecule has 0 unspecified atom stereocenters. The Morgan fingerprint density at radius 3 is 2.35 bits per heavy atom. The number of rotatable bonds is 7. The van der Waals surface area contributed by atoms with E-state index in [4.69, 9.17) is 0 Å². The zero-order valence-electron chi connectivity index (χ0n) is 15.0. The minimum atomic E-state index is -3.33. The lowest BCUT2D eigenvalue weighted by molar-refractivity contribution is -0.384. The molecule has 2 rings (SSSR count). The number of nitrogens with zero attached hydrogens (tertiary/aromatic N) is 3. The molecule has 0 saturated carbocycles. The van der Waals surface area contributed by atoms with E-state index in [-0.39, 0.29) is 5.69 Å². The van der Waals surface area contributed by atoms with E-state index in [9.17, 15) is 18.5 Å². The molecule has 0 saturated heterocycles. The Bertz CT molecular complexity index is 911. The van der Waals surface area contributed by atoms with Crippen molar-refractivity contribution in [2.24, 2.45) is 0 Å². The van der Waals surface area contributed by atoms with E-state index in [1.54, 1.807) is 32.0 Å². The second kappa shape index (κ2) is 7.34. The fourth-order valence-electron chi connectivity index (χ4n) is 2.37. The van der Waals surface area contributed by atoms with Gasteiger partial charge in [-0.05, 0) is 32.9 Å². The van der Waals surface area contributed by atoms with Gasteiger partial charge in [0.25, 0.3) is 5.69 Å². The number of nitrogens with one attached hydrogen (secondary N) is 2. The normalized spacial score (nSPS) is 12.0. The first-order valence-corrected chi connectivity index (χ1v) is 9.68. The lowest BCUT2D eigenvalue weighted by Gasteiger charge is -2.25. The highest BCUT2D eigenvalue weighted by molar-refractivity contribution is 7.88. The third kappa shape index (κ3) is 5.74. The minimum absolute atomic E-state index is 0.00616. The van der Waals surface area contributed by atoms with Gasteiger partial charge >= 0.3 is 0 Å². The van der Waals surface area contributed by atoms with E-state index in [1.807, 2.05) is 6.92 Å². The molecule has 0 fully saturated rings. The summed E-state index contributed by atoms with van der Waals surface area (Å²) in [5.74, 6) is 0.963. The van der Waals surface area contributed by atoms with Gasteiger partial charge in [-0.25, -0.2) is 23.1 Å². The van der Waals surface area contributed by atoms with E-state index in [2.05, 4.69) is 20.0 Å². The number of aryl methyl sites for hydroxylation is 1. The van der Waals surface area contributed by atoms with Crippen LogP contribution in [0.3, 0.4) is 0 Å². The van der Waals surface area contributed by atoms with Crippen LogP contribution in [0.4, 0.5) is 11.5 Å². The Balaban J connectivity index is 2.20. The maximum atomic E-state index is 11.4. The van der Waals surface area contributed by atoms with Crippen LogP contribution >= 0.6 is 0 Å².